The van der Waals surface area contributed by atoms with Gasteiger partial charge in [-0.2, -0.15) is 0 Å². The van der Waals surface area contributed by atoms with Crippen molar-refractivity contribution in [2.24, 2.45) is 22.7 Å². The van der Waals surface area contributed by atoms with Gasteiger partial charge in [-0.15, -0.1) is 0 Å². The van der Waals surface area contributed by atoms with Gasteiger partial charge in [0.15, 0.2) is 0 Å². The number of aliphatic carboxylic acids is 1. The fourth-order valence-corrected chi connectivity index (χ4v) is 2.81. The molecule has 90 valence electrons. The quantitative estimate of drug-likeness (QED) is 0.768. The average molecular weight is 225 g/mol. The van der Waals surface area contributed by atoms with E-state index in [9.17, 15) is 9.59 Å². The Balaban J connectivity index is 1.96. The SMILES string of the molecule is CC1(C)C(C(=O)N2CC(C(=O)O)C2)C1(C)C. The summed E-state index contributed by atoms with van der Waals surface area (Å²) in [6, 6.07) is 0. The van der Waals surface area contributed by atoms with Crippen molar-refractivity contribution in [2.75, 3.05) is 13.1 Å². The summed E-state index contributed by atoms with van der Waals surface area (Å²) in [7, 11) is 0. The number of carbonyl (C=O) groups excluding carboxylic acids is 1. The number of likely N-dealkylation sites (tertiary alicyclic amines) is 1. The molecule has 1 aliphatic heterocycles. The maximum atomic E-state index is 12.1. The van der Waals surface area contributed by atoms with E-state index in [0.717, 1.165) is 0 Å². The molecule has 0 spiro atoms. The van der Waals surface area contributed by atoms with Crippen molar-refractivity contribution >= 4 is 11.9 Å². The van der Waals surface area contributed by atoms with E-state index < -0.39 is 5.97 Å². The predicted molar refractivity (Wildman–Crippen MR) is 58.8 cm³/mol. The summed E-state index contributed by atoms with van der Waals surface area (Å²) in [6.45, 7) is 9.18. The molecule has 0 radical (unpaired) electrons. The van der Waals surface area contributed by atoms with Crippen LogP contribution in [0.15, 0.2) is 0 Å². The van der Waals surface area contributed by atoms with E-state index in [1.54, 1.807) is 4.90 Å². The van der Waals surface area contributed by atoms with Crippen LogP contribution < -0.4 is 0 Å². The molecule has 4 nitrogen and oxygen atoms in total. The Morgan fingerprint density at radius 2 is 1.56 bits per heavy atom. The second kappa shape index (κ2) is 2.99. The summed E-state index contributed by atoms with van der Waals surface area (Å²) in [6.07, 6.45) is 0. The number of rotatable bonds is 2. The lowest BCUT2D eigenvalue weighted by Gasteiger charge is -2.37. The van der Waals surface area contributed by atoms with Crippen LogP contribution in [0.4, 0.5) is 0 Å². The van der Waals surface area contributed by atoms with Crippen molar-refractivity contribution < 1.29 is 14.7 Å². The van der Waals surface area contributed by atoms with E-state index in [2.05, 4.69) is 27.7 Å². The van der Waals surface area contributed by atoms with Crippen molar-refractivity contribution in [3.05, 3.63) is 0 Å². The van der Waals surface area contributed by atoms with Gasteiger partial charge in [0.25, 0.3) is 0 Å². The van der Waals surface area contributed by atoms with Gasteiger partial charge in [-0.25, -0.2) is 0 Å². The first-order chi connectivity index (χ1) is 7.19. The monoisotopic (exact) mass is 225 g/mol. The Bertz CT molecular complexity index is 339. The lowest BCUT2D eigenvalue weighted by atomic mass is 9.98. The molecular weight excluding hydrogens is 206 g/mol. The molecule has 0 atom stereocenters. The van der Waals surface area contributed by atoms with Gasteiger partial charge in [0.1, 0.15) is 0 Å². The van der Waals surface area contributed by atoms with E-state index in [1.165, 1.54) is 0 Å². The Morgan fingerprint density at radius 1 is 1.12 bits per heavy atom. The molecule has 16 heavy (non-hydrogen) atoms. The van der Waals surface area contributed by atoms with Crippen molar-refractivity contribution in [3.8, 4) is 0 Å². The van der Waals surface area contributed by atoms with Crippen LogP contribution in [0.3, 0.4) is 0 Å². The fraction of sp³-hybridized carbons (Fsp3) is 0.833. The molecule has 4 heteroatoms. The van der Waals surface area contributed by atoms with Crippen LogP contribution >= 0.6 is 0 Å². The van der Waals surface area contributed by atoms with E-state index in [0.29, 0.717) is 13.1 Å². The first kappa shape index (κ1) is 11.4. The fourth-order valence-electron chi connectivity index (χ4n) is 2.81. The molecule has 1 saturated heterocycles. The van der Waals surface area contributed by atoms with Crippen LogP contribution in [0.25, 0.3) is 0 Å². The minimum absolute atomic E-state index is 0.0401. The predicted octanol–water partition coefficient (Wildman–Crippen LogP) is 1.21. The van der Waals surface area contributed by atoms with Gasteiger partial charge in [-0.1, -0.05) is 27.7 Å². The third kappa shape index (κ3) is 1.28. The van der Waals surface area contributed by atoms with Crippen LogP contribution in [-0.4, -0.2) is 35.0 Å². The van der Waals surface area contributed by atoms with Crippen molar-refractivity contribution in [2.45, 2.75) is 27.7 Å². The average Bonchev–Trinajstić information content (AvgIpc) is 2.37. The minimum atomic E-state index is -0.793. The number of carboxylic acids is 1. The van der Waals surface area contributed by atoms with Gasteiger partial charge in [-0.3, -0.25) is 9.59 Å². The molecule has 0 aromatic heterocycles. The Morgan fingerprint density at radius 3 is 1.88 bits per heavy atom. The van der Waals surface area contributed by atoms with Gasteiger partial charge in [0.05, 0.1) is 5.92 Å². The molecule has 1 amide bonds. The Hall–Kier alpha value is -1.06. The molecular formula is C12H19NO3. The zero-order chi connectivity index (χ0) is 12.3. The molecule has 2 fully saturated rings. The molecule has 0 bridgehead atoms. The van der Waals surface area contributed by atoms with Crippen LogP contribution in [-0.2, 0) is 9.59 Å². The molecule has 0 aromatic carbocycles. The van der Waals surface area contributed by atoms with Gasteiger partial charge < -0.3 is 10.0 Å². The molecule has 1 N–H and O–H groups in total. The molecule has 2 rings (SSSR count). The number of hydrogen-bond acceptors (Lipinski definition) is 2. The minimum Gasteiger partial charge on any atom is -0.481 e. The third-order valence-electron chi connectivity index (χ3n) is 4.81. The summed E-state index contributed by atoms with van der Waals surface area (Å²) in [5, 5.41) is 8.75. The molecule has 1 heterocycles. The smallest absolute Gasteiger partial charge is 0.310 e. The number of hydrogen-bond donors (Lipinski definition) is 1. The first-order valence-electron chi connectivity index (χ1n) is 5.71. The van der Waals surface area contributed by atoms with E-state index >= 15 is 0 Å². The Labute approximate surface area is 95.6 Å². The van der Waals surface area contributed by atoms with Gasteiger partial charge in [0, 0.05) is 19.0 Å². The zero-order valence-corrected chi connectivity index (χ0v) is 10.3. The van der Waals surface area contributed by atoms with Crippen molar-refractivity contribution in [3.63, 3.8) is 0 Å². The lowest BCUT2D eigenvalue weighted by Crippen LogP contribution is -2.54. The highest BCUT2D eigenvalue weighted by Crippen LogP contribution is 2.69. The maximum Gasteiger partial charge on any atom is 0.310 e. The summed E-state index contributed by atoms with van der Waals surface area (Å²) < 4.78 is 0. The molecule has 1 saturated carbocycles. The van der Waals surface area contributed by atoms with Crippen molar-refractivity contribution in [1.29, 1.82) is 0 Å². The van der Waals surface area contributed by atoms with Crippen LogP contribution in [0.1, 0.15) is 27.7 Å². The number of nitrogens with zero attached hydrogens (tertiary/aromatic N) is 1. The second-order valence-corrected chi connectivity index (χ2v) is 6.15. The topological polar surface area (TPSA) is 57.6 Å². The molecule has 0 aromatic rings. The maximum absolute atomic E-state index is 12.1. The standard InChI is InChI=1S/C12H19NO3/c1-11(2)8(12(11,3)4)9(14)13-5-7(6-13)10(15)16/h7-8H,5-6H2,1-4H3,(H,15,16). The zero-order valence-electron chi connectivity index (χ0n) is 10.3. The Kier molecular flexibility index (Phi) is 2.14. The summed E-state index contributed by atoms with van der Waals surface area (Å²) in [5.41, 5.74) is 0.0801. The first-order valence-corrected chi connectivity index (χ1v) is 5.71. The highest BCUT2D eigenvalue weighted by Gasteiger charge is 2.69. The van der Waals surface area contributed by atoms with Crippen LogP contribution in [0.2, 0.25) is 0 Å². The summed E-state index contributed by atoms with van der Waals surface area (Å²) in [4.78, 5) is 24.5. The van der Waals surface area contributed by atoms with E-state index in [4.69, 9.17) is 5.11 Å². The third-order valence-corrected chi connectivity index (χ3v) is 4.81. The highest BCUT2D eigenvalue weighted by molar-refractivity contribution is 5.86. The summed E-state index contributed by atoms with van der Waals surface area (Å²) in [5.74, 6) is -0.963. The van der Waals surface area contributed by atoms with Gasteiger partial charge >= 0.3 is 5.97 Å². The molecule has 0 unspecified atom stereocenters. The molecule has 1 aliphatic carbocycles. The van der Waals surface area contributed by atoms with Crippen LogP contribution in [0, 0.1) is 22.7 Å². The molecule has 2 aliphatic rings. The van der Waals surface area contributed by atoms with Crippen LogP contribution in [0.5, 0.6) is 0 Å². The van der Waals surface area contributed by atoms with Gasteiger partial charge in [0.2, 0.25) is 5.91 Å². The van der Waals surface area contributed by atoms with Gasteiger partial charge in [-0.05, 0) is 10.8 Å². The lowest BCUT2D eigenvalue weighted by molar-refractivity contribution is -0.153. The second-order valence-electron chi connectivity index (χ2n) is 6.15. The highest BCUT2D eigenvalue weighted by atomic mass is 16.4. The van der Waals surface area contributed by atoms with Crippen molar-refractivity contribution in [1.82, 2.24) is 4.90 Å². The summed E-state index contributed by atoms with van der Waals surface area (Å²) >= 11 is 0. The van der Waals surface area contributed by atoms with E-state index in [1.807, 2.05) is 0 Å². The normalized spacial score (nSPS) is 27.4. The van der Waals surface area contributed by atoms with E-state index in [-0.39, 0.29) is 28.6 Å². The number of carbonyl (C=O) groups is 2. The number of carboxylic acid groups (broad SMARTS) is 1. The largest absolute Gasteiger partial charge is 0.481 e. The number of amides is 1.